The first-order valence-electron chi connectivity index (χ1n) is 6.03. The Kier molecular flexibility index (Phi) is 4.18. The largest absolute Gasteiger partial charge is 0.350 e. The first-order chi connectivity index (χ1) is 9.93. The van der Waals surface area contributed by atoms with Crippen molar-refractivity contribution in [1.29, 1.82) is 0 Å². The van der Waals surface area contributed by atoms with Gasteiger partial charge in [-0.2, -0.15) is 0 Å². The van der Waals surface area contributed by atoms with Crippen molar-refractivity contribution in [3.05, 3.63) is 66.2 Å². The molecule has 0 fully saturated rings. The maximum atomic E-state index is 12.1. The van der Waals surface area contributed by atoms with Crippen LogP contribution in [0.3, 0.4) is 0 Å². The van der Waals surface area contributed by atoms with Gasteiger partial charge in [0.25, 0.3) is 0 Å². The summed E-state index contributed by atoms with van der Waals surface area (Å²) in [6, 6.07) is 3.11. The van der Waals surface area contributed by atoms with Crippen molar-refractivity contribution in [2.24, 2.45) is 0 Å². The van der Waals surface area contributed by atoms with E-state index in [1.54, 1.807) is 13.0 Å². The Labute approximate surface area is 123 Å². The smallest absolute Gasteiger partial charge is 0.294 e. The molecule has 0 aromatic carbocycles. The Morgan fingerprint density at radius 1 is 1.38 bits per heavy atom. The van der Waals surface area contributed by atoms with Crippen LogP contribution in [0.5, 0.6) is 0 Å². The number of aryl methyl sites for hydroxylation is 1. The molecule has 0 aliphatic rings. The number of halogens is 1. The Hall–Kier alpha value is -2.48. The minimum absolute atomic E-state index is 0.108. The van der Waals surface area contributed by atoms with Gasteiger partial charge in [-0.1, -0.05) is 17.7 Å². The van der Waals surface area contributed by atoms with Crippen LogP contribution in [0.25, 0.3) is 0 Å². The van der Waals surface area contributed by atoms with Gasteiger partial charge >= 0.3 is 16.9 Å². The third kappa shape index (κ3) is 3.00. The standard InChI is InChI=1S/C12H11ClN4O4/c1-2-15-7-9(17(20)21)11(18)16(12(15)19)6-8-3-4-10(13)14-5-8/h3-5,7H,2,6H2,1H3. The van der Waals surface area contributed by atoms with Crippen molar-refractivity contribution >= 4 is 17.3 Å². The van der Waals surface area contributed by atoms with Crippen LogP contribution in [0.2, 0.25) is 5.15 Å². The summed E-state index contributed by atoms with van der Waals surface area (Å²) in [5.41, 5.74) is -1.65. The monoisotopic (exact) mass is 310 g/mol. The van der Waals surface area contributed by atoms with Crippen LogP contribution in [-0.4, -0.2) is 19.0 Å². The first-order valence-corrected chi connectivity index (χ1v) is 6.41. The van der Waals surface area contributed by atoms with Crippen LogP contribution < -0.4 is 11.2 Å². The van der Waals surface area contributed by atoms with Crippen molar-refractivity contribution in [2.45, 2.75) is 20.0 Å². The van der Waals surface area contributed by atoms with Gasteiger partial charge in [-0.25, -0.2) is 14.3 Å². The van der Waals surface area contributed by atoms with Gasteiger partial charge in [0.1, 0.15) is 5.15 Å². The molecule has 0 aliphatic carbocycles. The molecule has 2 rings (SSSR count). The number of nitro groups is 1. The number of nitrogens with zero attached hydrogens (tertiary/aromatic N) is 4. The predicted octanol–water partition coefficient (Wildman–Crippen LogP) is 1.03. The van der Waals surface area contributed by atoms with E-state index in [0.29, 0.717) is 5.56 Å². The number of hydrogen-bond acceptors (Lipinski definition) is 5. The van der Waals surface area contributed by atoms with Crippen LogP contribution in [0, 0.1) is 10.1 Å². The first kappa shape index (κ1) is 14.9. The lowest BCUT2D eigenvalue weighted by Crippen LogP contribution is -2.40. The second-order valence-electron chi connectivity index (χ2n) is 4.22. The van der Waals surface area contributed by atoms with Crippen molar-refractivity contribution in [1.82, 2.24) is 14.1 Å². The lowest BCUT2D eigenvalue weighted by molar-refractivity contribution is -0.387. The summed E-state index contributed by atoms with van der Waals surface area (Å²) < 4.78 is 1.93. The van der Waals surface area contributed by atoms with E-state index < -0.39 is 21.9 Å². The van der Waals surface area contributed by atoms with Gasteiger partial charge in [-0.15, -0.1) is 0 Å². The lowest BCUT2D eigenvalue weighted by Gasteiger charge is -2.08. The second-order valence-corrected chi connectivity index (χ2v) is 4.61. The second kappa shape index (κ2) is 5.88. The summed E-state index contributed by atoms with van der Waals surface area (Å²) in [7, 11) is 0. The van der Waals surface area contributed by atoms with Crippen LogP contribution in [-0.2, 0) is 13.1 Å². The van der Waals surface area contributed by atoms with E-state index in [2.05, 4.69) is 4.98 Å². The highest BCUT2D eigenvalue weighted by Crippen LogP contribution is 2.06. The van der Waals surface area contributed by atoms with Crippen molar-refractivity contribution < 1.29 is 4.92 Å². The van der Waals surface area contributed by atoms with E-state index in [9.17, 15) is 19.7 Å². The molecule has 0 aliphatic heterocycles. The van der Waals surface area contributed by atoms with Gasteiger partial charge in [0.2, 0.25) is 0 Å². The summed E-state index contributed by atoms with van der Waals surface area (Å²) in [6.45, 7) is 1.77. The summed E-state index contributed by atoms with van der Waals surface area (Å²) in [6.07, 6.45) is 2.37. The third-order valence-electron chi connectivity index (χ3n) is 2.89. The highest BCUT2D eigenvalue weighted by Gasteiger charge is 2.19. The molecule has 2 heterocycles. The molecule has 2 aromatic heterocycles. The molecule has 0 saturated carbocycles. The quantitative estimate of drug-likeness (QED) is 0.477. The fourth-order valence-electron chi connectivity index (χ4n) is 1.81. The maximum absolute atomic E-state index is 12.1. The molecule has 0 atom stereocenters. The Balaban J connectivity index is 2.59. The number of rotatable bonds is 4. The van der Waals surface area contributed by atoms with Gasteiger partial charge in [0, 0.05) is 12.7 Å². The van der Waals surface area contributed by atoms with Crippen LogP contribution in [0.4, 0.5) is 5.69 Å². The van der Waals surface area contributed by atoms with E-state index in [4.69, 9.17) is 11.6 Å². The average molecular weight is 311 g/mol. The molecule has 0 bridgehead atoms. The minimum Gasteiger partial charge on any atom is -0.294 e. The predicted molar refractivity (Wildman–Crippen MR) is 75.6 cm³/mol. The zero-order chi connectivity index (χ0) is 15.6. The van der Waals surface area contributed by atoms with Gasteiger partial charge in [-0.05, 0) is 18.6 Å². The van der Waals surface area contributed by atoms with Gasteiger partial charge in [0.05, 0.1) is 17.7 Å². The zero-order valence-electron chi connectivity index (χ0n) is 11.0. The molecule has 110 valence electrons. The molecular formula is C12H11ClN4O4. The number of pyridine rings is 1. The zero-order valence-corrected chi connectivity index (χ0v) is 11.8. The SMILES string of the molecule is CCn1cc([N+](=O)[O-])c(=O)n(Cc2ccc(Cl)nc2)c1=O. The van der Waals surface area contributed by atoms with Gasteiger partial charge in [-0.3, -0.25) is 19.5 Å². The van der Waals surface area contributed by atoms with E-state index in [1.807, 2.05) is 0 Å². The van der Waals surface area contributed by atoms with Crippen LogP contribution in [0.15, 0.2) is 34.1 Å². The lowest BCUT2D eigenvalue weighted by atomic mass is 10.3. The number of aromatic nitrogens is 3. The fourth-order valence-corrected chi connectivity index (χ4v) is 1.92. The number of hydrogen-bond donors (Lipinski definition) is 0. The van der Waals surface area contributed by atoms with Crippen LogP contribution in [0.1, 0.15) is 12.5 Å². The van der Waals surface area contributed by atoms with Crippen molar-refractivity contribution in [3.63, 3.8) is 0 Å². The minimum atomic E-state index is -0.940. The topological polar surface area (TPSA) is 100 Å². The molecular weight excluding hydrogens is 300 g/mol. The normalized spacial score (nSPS) is 10.6. The molecule has 21 heavy (non-hydrogen) atoms. The van der Waals surface area contributed by atoms with E-state index in [-0.39, 0.29) is 18.2 Å². The molecule has 2 aromatic rings. The summed E-state index contributed by atoms with van der Waals surface area (Å²) in [5, 5.41) is 11.2. The van der Waals surface area contributed by atoms with Gasteiger partial charge < -0.3 is 0 Å². The fraction of sp³-hybridized carbons (Fsp3) is 0.250. The molecule has 0 unspecified atom stereocenters. The molecule has 0 spiro atoms. The Morgan fingerprint density at radius 2 is 2.10 bits per heavy atom. The highest BCUT2D eigenvalue weighted by atomic mass is 35.5. The highest BCUT2D eigenvalue weighted by molar-refractivity contribution is 6.29. The Bertz CT molecular complexity index is 794. The molecule has 0 saturated heterocycles. The summed E-state index contributed by atoms with van der Waals surface area (Å²) >= 11 is 5.66. The average Bonchev–Trinajstić information content (AvgIpc) is 2.45. The van der Waals surface area contributed by atoms with Gasteiger partial charge in [0.15, 0.2) is 0 Å². The molecule has 9 heteroatoms. The maximum Gasteiger partial charge on any atom is 0.350 e. The Morgan fingerprint density at radius 3 is 2.62 bits per heavy atom. The molecule has 8 nitrogen and oxygen atoms in total. The van der Waals surface area contributed by atoms with E-state index in [1.165, 1.54) is 12.3 Å². The van der Waals surface area contributed by atoms with Crippen molar-refractivity contribution in [3.8, 4) is 0 Å². The third-order valence-corrected chi connectivity index (χ3v) is 3.11. The van der Waals surface area contributed by atoms with E-state index in [0.717, 1.165) is 15.3 Å². The summed E-state index contributed by atoms with van der Waals surface area (Å²) in [5.74, 6) is 0. The summed E-state index contributed by atoms with van der Waals surface area (Å²) in [4.78, 5) is 38.1. The van der Waals surface area contributed by atoms with E-state index >= 15 is 0 Å². The van der Waals surface area contributed by atoms with Crippen LogP contribution >= 0.6 is 11.6 Å². The molecule has 0 amide bonds. The van der Waals surface area contributed by atoms with Crippen molar-refractivity contribution in [2.75, 3.05) is 0 Å². The molecule has 0 radical (unpaired) electrons. The molecule has 0 N–H and O–H groups in total.